The van der Waals surface area contributed by atoms with Crippen LogP contribution >= 0.6 is 0 Å². The fourth-order valence-corrected chi connectivity index (χ4v) is 5.71. The number of aromatic nitrogens is 3. The molecule has 0 saturated carbocycles. The summed E-state index contributed by atoms with van der Waals surface area (Å²) in [6.45, 7) is 5.09. The Hall–Kier alpha value is -5.16. The van der Waals surface area contributed by atoms with E-state index in [0.717, 1.165) is 35.4 Å². The van der Waals surface area contributed by atoms with Gasteiger partial charge in [0.1, 0.15) is 5.75 Å². The molecule has 0 amide bonds. The Labute approximate surface area is 251 Å². The van der Waals surface area contributed by atoms with E-state index in [1.54, 1.807) is 0 Å². The second kappa shape index (κ2) is 11.6. The highest BCUT2D eigenvalue weighted by Crippen LogP contribution is 2.33. The third kappa shape index (κ3) is 5.30. The molecule has 1 atom stereocenters. The summed E-state index contributed by atoms with van der Waals surface area (Å²) in [7, 11) is 0. The van der Waals surface area contributed by atoms with Gasteiger partial charge in [0.2, 0.25) is 11.8 Å². The van der Waals surface area contributed by atoms with E-state index in [2.05, 4.69) is 114 Å². The molecule has 43 heavy (non-hydrogen) atoms. The second-order valence-corrected chi connectivity index (χ2v) is 11.0. The Morgan fingerprint density at radius 2 is 1.37 bits per heavy atom. The molecule has 0 radical (unpaired) electrons. The minimum atomic E-state index is 0.466. The predicted octanol–water partition coefficient (Wildman–Crippen LogP) is 9.64. The molecule has 0 aliphatic rings. The van der Waals surface area contributed by atoms with Crippen LogP contribution in [0.3, 0.4) is 0 Å². The number of rotatable bonds is 9. The number of hydrogen-bond acceptors (Lipinski definition) is 4. The number of para-hydroxylation sites is 2. The van der Waals surface area contributed by atoms with Gasteiger partial charge >= 0.3 is 0 Å². The Morgan fingerprint density at radius 1 is 0.698 bits per heavy atom. The molecule has 7 aromatic rings. The summed E-state index contributed by atoms with van der Waals surface area (Å²) in [4.78, 5) is 0. The standard InChI is InChI=1S/C38H33N3O2/c1-3-26(2)29-11-8-10-27(24-29)22-23-42-32-13-9-12-30(25-32)38-40-39-37(43-38)28-18-20-31(21-19-28)41-35-16-6-4-14-33(35)34-15-5-7-17-36(34)41/h4-21,24-26H,3,22-23H2,1-2H3. The number of hydrogen-bond donors (Lipinski definition) is 0. The van der Waals surface area contributed by atoms with Crippen LogP contribution in [0.15, 0.2) is 126 Å². The highest BCUT2D eigenvalue weighted by atomic mass is 16.5. The zero-order chi connectivity index (χ0) is 29.2. The largest absolute Gasteiger partial charge is 0.493 e. The summed E-state index contributed by atoms with van der Waals surface area (Å²) in [5.41, 5.74) is 7.82. The summed E-state index contributed by atoms with van der Waals surface area (Å²) in [5.74, 6) is 2.30. The van der Waals surface area contributed by atoms with Crippen LogP contribution in [0.1, 0.15) is 37.3 Å². The van der Waals surface area contributed by atoms with Crippen molar-refractivity contribution >= 4 is 21.8 Å². The Bertz CT molecular complexity index is 1970. The smallest absolute Gasteiger partial charge is 0.248 e. The maximum Gasteiger partial charge on any atom is 0.248 e. The zero-order valence-corrected chi connectivity index (χ0v) is 24.4. The van der Waals surface area contributed by atoms with Gasteiger partial charge < -0.3 is 13.7 Å². The third-order valence-electron chi connectivity index (χ3n) is 8.25. The maximum absolute atomic E-state index is 6.12. The van der Waals surface area contributed by atoms with Crippen LogP contribution in [0.2, 0.25) is 0 Å². The molecule has 5 heteroatoms. The molecule has 1 unspecified atom stereocenters. The highest BCUT2D eigenvalue weighted by molar-refractivity contribution is 6.09. The highest BCUT2D eigenvalue weighted by Gasteiger charge is 2.14. The van der Waals surface area contributed by atoms with Crippen molar-refractivity contribution in [3.8, 4) is 34.3 Å². The van der Waals surface area contributed by atoms with Crippen molar-refractivity contribution in [3.05, 3.63) is 132 Å². The first kappa shape index (κ1) is 26.7. The summed E-state index contributed by atoms with van der Waals surface area (Å²) in [6, 6.07) is 41.9. The summed E-state index contributed by atoms with van der Waals surface area (Å²) in [6.07, 6.45) is 1.99. The van der Waals surface area contributed by atoms with Gasteiger partial charge in [-0.25, -0.2) is 0 Å². The van der Waals surface area contributed by atoms with Crippen LogP contribution in [0, 0.1) is 0 Å². The first-order valence-corrected chi connectivity index (χ1v) is 14.9. The molecule has 7 rings (SSSR count). The number of benzene rings is 5. The van der Waals surface area contributed by atoms with Crippen molar-refractivity contribution in [2.45, 2.75) is 32.6 Å². The van der Waals surface area contributed by atoms with Crippen molar-refractivity contribution in [2.75, 3.05) is 6.61 Å². The van der Waals surface area contributed by atoms with E-state index < -0.39 is 0 Å². The van der Waals surface area contributed by atoms with Crippen LogP contribution in [0.25, 0.3) is 50.4 Å². The van der Waals surface area contributed by atoms with Gasteiger partial charge in [-0.15, -0.1) is 10.2 Å². The zero-order valence-electron chi connectivity index (χ0n) is 24.4. The van der Waals surface area contributed by atoms with E-state index in [9.17, 15) is 0 Å². The number of nitrogens with zero attached hydrogens (tertiary/aromatic N) is 3. The molecule has 2 heterocycles. The second-order valence-electron chi connectivity index (χ2n) is 11.0. The molecule has 0 fully saturated rings. The first-order valence-electron chi connectivity index (χ1n) is 14.9. The molecule has 0 bridgehead atoms. The normalized spacial score (nSPS) is 12.1. The number of ether oxygens (including phenoxy) is 1. The molecule has 212 valence electrons. The SMILES string of the molecule is CCC(C)c1cccc(CCOc2cccc(-c3nnc(-c4ccc(-n5c6ccccc6c6ccccc65)cc4)o3)c2)c1. The Balaban J connectivity index is 1.07. The van der Waals surface area contributed by atoms with E-state index in [-0.39, 0.29) is 0 Å². The molecule has 5 aromatic carbocycles. The van der Waals surface area contributed by atoms with Gasteiger partial charge in [0.25, 0.3) is 0 Å². The minimum Gasteiger partial charge on any atom is -0.493 e. The van der Waals surface area contributed by atoms with E-state index in [4.69, 9.17) is 9.15 Å². The van der Waals surface area contributed by atoms with Crippen LogP contribution in [0.4, 0.5) is 0 Å². The van der Waals surface area contributed by atoms with Crippen LogP contribution in [-0.2, 0) is 6.42 Å². The molecule has 5 nitrogen and oxygen atoms in total. The monoisotopic (exact) mass is 563 g/mol. The van der Waals surface area contributed by atoms with Gasteiger partial charge in [-0.05, 0) is 78.1 Å². The van der Waals surface area contributed by atoms with Gasteiger partial charge in [0.05, 0.1) is 17.6 Å². The maximum atomic E-state index is 6.12. The average Bonchev–Trinajstić information content (AvgIpc) is 3.69. The third-order valence-corrected chi connectivity index (χ3v) is 8.25. The summed E-state index contributed by atoms with van der Waals surface area (Å²) >= 11 is 0. The van der Waals surface area contributed by atoms with Crippen molar-refractivity contribution in [1.29, 1.82) is 0 Å². The molecular formula is C38H33N3O2. The lowest BCUT2D eigenvalue weighted by molar-refractivity contribution is 0.322. The predicted molar refractivity (Wildman–Crippen MR) is 174 cm³/mol. The fourth-order valence-electron chi connectivity index (χ4n) is 5.71. The molecule has 0 N–H and O–H groups in total. The van der Waals surface area contributed by atoms with Gasteiger partial charge in [-0.1, -0.05) is 80.6 Å². The molecular weight excluding hydrogens is 530 g/mol. The van der Waals surface area contributed by atoms with E-state index in [1.807, 2.05) is 36.4 Å². The van der Waals surface area contributed by atoms with Crippen molar-refractivity contribution in [1.82, 2.24) is 14.8 Å². The van der Waals surface area contributed by atoms with Crippen molar-refractivity contribution in [3.63, 3.8) is 0 Å². The van der Waals surface area contributed by atoms with E-state index in [0.29, 0.717) is 24.3 Å². The minimum absolute atomic E-state index is 0.466. The lowest BCUT2D eigenvalue weighted by Gasteiger charge is -2.11. The van der Waals surface area contributed by atoms with Crippen LogP contribution in [-0.4, -0.2) is 21.4 Å². The number of fused-ring (bicyclic) bond motifs is 3. The summed E-state index contributed by atoms with van der Waals surface area (Å²) in [5, 5.41) is 11.2. The molecule has 0 saturated heterocycles. The van der Waals surface area contributed by atoms with E-state index in [1.165, 1.54) is 32.9 Å². The lowest BCUT2D eigenvalue weighted by atomic mass is 9.96. The van der Waals surface area contributed by atoms with Gasteiger partial charge in [0, 0.05) is 34.0 Å². The average molecular weight is 564 g/mol. The van der Waals surface area contributed by atoms with Crippen molar-refractivity contribution < 1.29 is 9.15 Å². The molecule has 2 aromatic heterocycles. The van der Waals surface area contributed by atoms with Gasteiger partial charge in [0.15, 0.2) is 0 Å². The fraction of sp³-hybridized carbons (Fsp3) is 0.158. The Kier molecular flexibility index (Phi) is 7.22. The van der Waals surface area contributed by atoms with Crippen LogP contribution in [0.5, 0.6) is 5.75 Å². The van der Waals surface area contributed by atoms with Crippen molar-refractivity contribution in [2.24, 2.45) is 0 Å². The first-order chi connectivity index (χ1) is 21.2. The summed E-state index contributed by atoms with van der Waals surface area (Å²) < 4.78 is 14.5. The topological polar surface area (TPSA) is 53.1 Å². The van der Waals surface area contributed by atoms with Crippen LogP contribution < -0.4 is 4.74 Å². The quantitative estimate of drug-likeness (QED) is 0.175. The van der Waals surface area contributed by atoms with E-state index >= 15 is 0 Å². The lowest BCUT2D eigenvalue weighted by Crippen LogP contribution is -2.02. The molecule has 0 aliphatic carbocycles. The molecule has 0 spiro atoms. The van der Waals surface area contributed by atoms with Gasteiger partial charge in [-0.2, -0.15) is 0 Å². The Morgan fingerprint density at radius 3 is 2.09 bits per heavy atom. The van der Waals surface area contributed by atoms with Gasteiger partial charge in [-0.3, -0.25) is 0 Å². The molecule has 0 aliphatic heterocycles.